The average Bonchev–Trinajstić information content (AvgIpc) is 2.66. The molecule has 0 fully saturated rings. The molecule has 0 unspecified atom stereocenters. The van der Waals surface area contributed by atoms with E-state index in [2.05, 4.69) is 4.98 Å². The van der Waals surface area contributed by atoms with Crippen molar-refractivity contribution >= 4 is 33.4 Å². The molecule has 0 bridgehead atoms. The maximum atomic E-state index is 11.1. The number of aromatic amines is 1. The number of thiophene rings is 1. The van der Waals surface area contributed by atoms with E-state index in [-0.39, 0.29) is 0 Å². The molecule has 0 aromatic carbocycles. The molecule has 15 heavy (non-hydrogen) atoms. The van der Waals surface area contributed by atoms with Gasteiger partial charge in [-0.15, -0.1) is 11.3 Å². The molecule has 6 heteroatoms. The average molecular weight is 223 g/mol. The van der Waals surface area contributed by atoms with Crippen LogP contribution < -0.4 is 11.5 Å². The molecule has 0 aliphatic heterocycles. The summed E-state index contributed by atoms with van der Waals surface area (Å²) < 4.78 is 0. The molecule has 2 rings (SSSR count). The monoisotopic (exact) mass is 223 g/mol. The molecule has 2 heterocycles. The highest BCUT2D eigenvalue weighted by atomic mass is 32.1. The van der Waals surface area contributed by atoms with Gasteiger partial charge in [-0.25, -0.2) is 0 Å². The number of carbonyl (C=O) groups excluding carboxylic acids is 2. The molecule has 0 spiro atoms. The van der Waals surface area contributed by atoms with Gasteiger partial charge in [0.15, 0.2) is 0 Å². The first-order valence-corrected chi connectivity index (χ1v) is 5.04. The van der Waals surface area contributed by atoms with Crippen LogP contribution in [-0.4, -0.2) is 16.8 Å². The number of aromatic nitrogens is 1. The van der Waals surface area contributed by atoms with Crippen LogP contribution in [0.15, 0.2) is 6.20 Å². The summed E-state index contributed by atoms with van der Waals surface area (Å²) >= 11 is 1.23. The molecule has 0 aliphatic rings. The van der Waals surface area contributed by atoms with Crippen molar-refractivity contribution < 1.29 is 9.59 Å². The molecule has 2 aromatic rings. The number of rotatable bonds is 2. The Morgan fingerprint density at radius 2 is 2.00 bits per heavy atom. The Labute approximate surface area is 89.1 Å². The first-order valence-electron chi connectivity index (χ1n) is 4.22. The van der Waals surface area contributed by atoms with Crippen LogP contribution in [0, 0.1) is 6.92 Å². The number of hydrogen-bond acceptors (Lipinski definition) is 3. The second kappa shape index (κ2) is 3.09. The first-order chi connectivity index (χ1) is 7.02. The van der Waals surface area contributed by atoms with E-state index in [9.17, 15) is 9.59 Å². The topological polar surface area (TPSA) is 102 Å². The summed E-state index contributed by atoms with van der Waals surface area (Å²) in [5.41, 5.74) is 11.5. The lowest BCUT2D eigenvalue weighted by molar-refractivity contribution is 0.0993. The van der Waals surface area contributed by atoms with Crippen LogP contribution in [0.2, 0.25) is 0 Å². The minimum atomic E-state index is -0.516. The molecular formula is C9H9N3O2S. The number of carbonyl (C=O) groups is 2. The van der Waals surface area contributed by atoms with E-state index in [1.54, 1.807) is 13.1 Å². The summed E-state index contributed by atoms with van der Waals surface area (Å²) in [4.78, 5) is 26.3. The van der Waals surface area contributed by atoms with Crippen molar-refractivity contribution in [3.8, 4) is 0 Å². The number of hydrogen-bond donors (Lipinski definition) is 3. The maximum Gasteiger partial charge on any atom is 0.259 e. The predicted octanol–water partition coefficient (Wildman–Crippen LogP) is 0.736. The molecule has 0 atom stereocenters. The van der Waals surface area contributed by atoms with Gasteiger partial charge in [0.25, 0.3) is 11.8 Å². The van der Waals surface area contributed by atoms with E-state index in [4.69, 9.17) is 11.5 Å². The lowest BCUT2D eigenvalue weighted by Crippen LogP contribution is -2.12. The van der Waals surface area contributed by atoms with Crippen molar-refractivity contribution in [2.45, 2.75) is 6.92 Å². The smallest absolute Gasteiger partial charge is 0.259 e. The Morgan fingerprint density at radius 3 is 2.53 bits per heavy atom. The van der Waals surface area contributed by atoms with Gasteiger partial charge in [0, 0.05) is 11.6 Å². The van der Waals surface area contributed by atoms with E-state index in [0.29, 0.717) is 21.4 Å². The zero-order chi connectivity index (χ0) is 11.2. The zero-order valence-electron chi connectivity index (χ0n) is 7.96. The fraction of sp³-hybridized carbons (Fsp3) is 0.111. The third-order valence-corrected chi connectivity index (χ3v) is 3.49. The van der Waals surface area contributed by atoms with Gasteiger partial charge in [-0.2, -0.15) is 0 Å². The Kier molecular flexibility index (Phi) is 2.01. The summed E-state index contributed by atoms with van der Waals surface area (Å²) in [6.07, 6.45) is 1.54. The number of nitrogens with one attached hydrogen (secondary N) is 1. The summed E-state index contributed by atoms with van der Waals surface area (Å²) in [6.45, 7) is 1.75. The van der Waals surface area contributed by atoms with Crippen molar-refractivity contribution in [1.29, 1.82) is 0 Å². The molecule has 5 nitrogen and oxygen atoms in total. The highest BCUT2D eigenvalue weighted by Gasteiger charge is 2.18. The van der Waals surface area contributed by atoms with Gasteiger partial charge in [0.2, 0.25) is 0 Å². The summed E-state index contributed by atoms with van der Waals surface area (Å²) in [6, 6.07) is 0. The fourth-order valence-corrected chi connectivity index (χ4v) is 2.62. The van der Waals surface area contributed by atoms with E-state index in [1.807, 2.05) is 0 Å². The van der Waals surface area contributed by atoms with Gasteiger partial charge < -0.3 is 16.5 Å². The van der Waals surface area contributed by atoms with Gasteiger partial charge in [-0.1, -0.05) is 0 Å². The molecule has 0 aliphatic carbocycles. The van der Waals surface area contributed by atoms with E-state index in [1.165, 1.54) is 11.3 Å². The number of nitrogens with two attached hydrogens (primary N) is 2. The third-order valence-electron chi connectivity index (χ3n) is 2.25. The predicted molar refractivity (Wildman–Crippen MR) is 57.9 cm³/mol. The van der Waals surface area contributed by atoms with Crippen molar-refractivity contribution in [2.75, 3.05) is 0 Å². The minimum absolute atomic E-state index is 0.395. The van der Waals surface area contributed by atoms with Crippen molar-refractivity contribution in [1.82, 2.24) is 4.98 Å². The summed E-state index contributed by atoms with van der Waals surface area (Å²) in [7, 11) is 0. The van der Waals surface area contributed by atoms with Crippen molar-refractivity contribution in [3.05, 3.63) is 22.2 Å². The standard InChI is InChI=1S/C9H9N3O2S/c1-3-5-4(7(10)13)2-12-9(5)15-6(3)8(11)14/h2,12H,1H3,(H2,10,13)(H2,11,14). The molecule has 2 amide bonds. The third kappa shape index (κ3) is 1.30. The summed E-state index contributed by atoms with van der Waals surface area (Å²) in [5, 5.41) is 0.696. The van der Waals surface area contributed by atoms with Crippen LogP contribution in [0.5, 0.6) is 0 Å². The molecule has 0 saturated carbocycles. The molecule has 2 aromatic heterocycles. The highest BCUT2D eigenvalue weighted by molar-refractivity contribution is 7.20. The number of H-pyrrole nitrogens is 1. The highest BCUT2D eigenvalue weighted by Crippen LogP contribution is 2.32. The summed E-state index contributed by atoms with van der Waals surface area (Å²) in [5.74, 6) is -1.00. The number of amides is 2. The lowest BCUT2D eigenvalue weighted by atomic mass is 10.1. The lowest BCUT2D eigenvalue weighted by Gasteiger charge is -1.93. The van der Waals surface area contributed by atoms with Crippen LogP contribution in [0.3, 0.4) is 0 Å². The SMILES string of the molecule is Cc1c(C(N)=O)sc2[nH]cc(C(N)=O)c12. The van der Waals surface area contributed by atoms with E-state index in [0.717, 1.165) is 4.83 Å². The van der Waals surface area contributed by atoms with Crippen LogP contribution >= 0.6 is 11.3 Å². The van der Waals surface area contributed by atoms with E-state index < -0.39 is 11.8 Å². The largest absolute Gasteiger partial charge is 0.366 e. The normalized spacial score (nSPS) is 10.7. The molecule has 78 valence electrons. The maximum absolute atomic E-state index is 11.1. The molecule has 5 N–H and O–H groups in total. The van der Waals surface area contributed by atoms with Crippen molar-refractivity contribution in [3.63, 3.8) is 0 Å². The van der Waals surface area contributed by atoms with Gasteiger partial charge in [0.1, 0.15) is 4.83 Å². The Morgan fingerprint density at radius 1 is 1.33 bits per heavy atom. The number of fused-ring (bicyclic) bond motifs is 1. The van der Waals surface area contributed by atoms with Crippen LogP contribution in [0.25, 0.3) is 10.2 Å². The minimum Gasteiger partial charge on any atom is -0.366 e. The molecular weight excluding hydrogens is 214 g/mol. The molecule has 0 saturated heterocycles. The van der Waals surface area contributed by atoms with Gasteiger partial charge in [0.05, 0.1) is 10.4 Å². The Bertz CT molecular complexity index is 567. The van der Waals surface area contributed by atoms with Crippen LogP contribution in [0.1, 0.15) is 25.6 Å². The fourth-order valence-electron chi connectivity index (χ4n) is 1.58. The van der Waals surface area contributed by atoms with E-state index >= 15 is 0 Å². The zero-order valence-corrected chi connectivity index (χ0v) is 8.77. The quantitative estimate of drug-likeness (QED) is 0.699. The number of aryl methyl sites for hydroxylation is 1. The Balaban J connectivity index is 2.80. The van der Waals surface area contributed by atoms with Crippen LogP contribution in [-0.2, 0) is 0 Å². The van der Waals surface area contributed by atoms with Gasteiger partial charge in [-0.3, -0.25) is 9.59 Å². The van der Waals surface area contributed by atoms with Gasteiger partial charge >= 0.3 is 0 Å². The Hall–Kier alpha value is -1.82. The number of primary amides is 2. The second-order valence-electron chi connectivity index (χ2n) is 3.19. The van der Waals surface area contributed by atoms with Crippen molar-refractivity contribution in [2.24, 2.45) is 11.5 Å². The van der Waals surface area contributed by atoms with Gasteiger partial charge in [-0.05, 0) is 12.5 Å². The second-order valence-corrected chi connectivity index (χ2v) is 4.21. The first kappa shape index (κ1) is 9.72. The van der Waals surface area contributed by atoms with Crippen LogP contribution in [0.4, 0.5) is 0 Å². The molecule has 0 radical (unpaired) electrons.